The van der Waals surface area contributed by atoms with Crippen molar-refractivity contribution >= 4 is 15.9 Å². The Morgan fingerprint density at radius 1 is 1.12 bits per heavy atom. The molecule has 2 rings (SSSR count). The van der Waals surface area contributed by atoms with Gasteiger partial charge in [0.2, 0.25) is 0 Å². The van der Waals surface area contributed by atoms with Gasteiger partial charge in [0.05, 0.1) is 0 Å². The molecule has 90 valence electrons. The van der Waals surface area contributed by atoms with Gasteiger partial charge in [0, 0.05) is 5.33 Å². The normalized spacial score (nSPS) is 24.7. The van der Waals surface area contributed by atoms with E-state index in [-0.39, 0.29) is 0 Å². The molecule has 0 bridgehead atoms. The van der Waals surface area contributed by atoms with E-state index in [1.807, 2.05) is 0 Å². The molecule has 1 unspecified atom stereocenters. The zero-order valence-electron chi connectivity index (χ0n) is 10.2. The van der Waals surface area contributed by atoms with Gasteiger partial charge in [-0.1, -0.05) is 40.9 Å². The van der Waals surface area contributed by atoms with E-state index in [2.05, 4.69) is 28.1 Å². The van der Waals surface area contributed by atoms with E-state index in [4.69, 9.17) is 0 Å². The van der Waals surface area contributed by atoms with Gasteiger partial charge in [0.1, 0.15) is 0 Å². The van der Waals surface area contributed by atoms with Crippen molar-refractivity contribution in [3.63, 3.8) is 0 Å². The summed E-state index contributed by atoms with van der Waals surface area (Å²) in [7, 11) is 0. The van der Waals surface area contributed by atoms with Crippen LogP contribution < -0.4 is 0 Å². The van der Waals surface area contributed by atoms with Crippen LogP contribution in [0.2, 0.25) is 0 Å². The summed E-state index contributed by atoms with van der Waals surface area (Å²) in [5, 5.41) is 1.17. The zero-order chi connectivity index (χ0) is 11.2. The van der Waals surface area contributed by atoms with Gasteiger partial charge in [0.25, 0.3) is 0 Å². The third kappa shape index (κ3) is 3.23. The van der Waals surface area contributed by atoms with Gasteiger partial charge in [-0.25, -0.2) is 0 Å². The second-order valence-corrected chi connectivity index (χ2v) is 5.89. The van der Waals surface area contributed by atoms with Gasteiger partial charge in [-0.3, -0.25) is 0 Å². The molecular formula is C15H23Br. The molecule has 0 radical (unpaired) electrons. The summed E-state index contributed by atoms with van der Waals surface area (Å²) in [4.78, 5) is 0. The number of allylic oxidation sites excluding steroid dienone is 4. The van der Waals surface area contributed by atoms with Crippen molar-refractivity contribution < 1.29 is 0 Å². The minimum atomic E-state index is 0.902. The molecule has 1 heteroatoms. The van der Waals surface area contributed by atoms with Crippen LogP contribution in [0.15, 0.2) is 23.3 Å². The number of hydrogen-bond donors (Lipinski definition) is 0. The number of rotatable bonds is 6. The van der Waals surface area contributed by atoms with E-state index in [0.29, 0.717) is 0 Å². The first-order valence-corrected chi connectivity index (χ1v) is 7.99. The summed E-state index contributed by atoms with van der Waals surface area (Å²) in [6.07, 6.45) is 17.4. The molecule has 16 heavy (non-hydrogen) atoms. The summed E-state index contributed by atoms with van der Waals surface area (Å²) >= 11 is 3.51. The smallest absolute Gasteiger partial charge is 0.00313 e. The minimum absolute atomic E-state index is 0.902. The topological polar surface area (TPSA) is 0 Å². The van der Waals surface area contributed by atoms with Crippen molar-refractivity contribution in [3.05, 3.63) is 23.3 Å². The third-order valence-corrected chi connectivity index (χ3v) is 4.48. The van der Waals surface area contributed by atoms with E-state index in [9.17, 15) is 0 Å². The molecule has 0 aliphatic heterocycles. The summed E-state index contributed by atoms with van der Waals surface area (Å²) in [5.74, 6) is 0.902. The molecule has 0 N–H and O–H groups in total. The highest BCUT2D eigenvalue weighted by molar-refractivity contribution is 9.09. The lowest BCUT2D eigenvalue weighted by Crippen LogP contribution is -2.01. The Labute approximate surface area is 108 Å². The molecule has 0 nitrogen and oxygen atoms in total. The van der Waals surface area contributed by atoms with Gasteiger partial charge in [0.15, 0.2) is 0 Å². The monoisotopic (exact) mass is 282 g/mol. The average molecular weight is 283 g/mol. The Morgan fingerprint density at radius 2 is 2.06 bits per heavy atom. The van der Waals surface area contributed by atoms with Gasteiger partial charge >= 0.3 is 0 Å². The van der Waals surface area contributed by atoms with Crippen molar-refractivity contribution in [1.29, 1.82) is 0 Å². The van der Waals surface area contributed by atoms with Gasteiger partial charge < -0.3 is 0 Å². The summed E-state index contributed by atoms with van der Waals surface area (Å²) in [5.41, 5.74) is 3.43. The van der Waals surface area contributed by atoms with Crippen molar-refractivity contribution in [2.45, 2.75) is 57.8 Å². The highest BCUT2D eigenvalue weighted by Gasteiger charge is 2.22. The minimum Gasteiger partial charge on any atom is -0.0928 e. The first kappa shape index (κ1) is 12.4. The van der Waals surface area contributed by atoms with Crippen molar-refractivity contribution in [2.24, 2.45) is 5.92 Å². The van der Waals surface area contributed by atoms with Crippen LogP contribution in [0.1, 0.15) is 57.8 Å². The number of hydrogen-bond acceptors (Lipinski definition) is 0. The largest absolute Gasteiger partial charge is 0.0928 e. The van der Waals surface area contributed by atoms with Crippen LogP contribution in [0.4, 0.5) is 0 Å². The van der Waals surface area contributed by atoms with E-state index < -0.39 is 0 Å². The molecule has 0 saturated carbocycles. The fraction of sp³-hybridized carbons (Fsp3) is 0.733. The quantitative estimate of drug-likeness (QED) is 0.453. The molecule has 0 saturated heterocycles. The fourth-order valence-corrected chi connectivity index (χ4v) is 3.45. The molecule has 1 atom stereocenters. The second-order valence-electron chi connectivity index (χ2n) is 5.09. The highest BCUT2D eigenvalue weighted by atomic mass is 79.9. The molecule has 2 aliphatic rings. The first-order chi connectivity index (χ1) is 7.92. The maximum absolute atomic E-state index is 3.51. The standard InChI is InChI=1S/C15H23Br/c16-12-5-1-2-7-14-10-6-11-15(14)13-8-3-4-9-13/h8,11,14H,1-7,9-10,12H2. The SMILES string of the molecule is BrCCCCCC1CCC=C1C1=CCCC1. The molecule has 0 amide bonds. The van der Waals surface area contributed by atoms with E-state index in [0.717, 1.165) is 5.92 Å². The highest BCUT2D eigenvalue weighted by Crippen LogP contribution is 2.38. The van der Waals surface area contributed by atoms with Gasteiger partial charge in [-0.2, -0.15) is 0 Å². The number of unbranched alkanes of at least 4 members (excludes halogenated alkanes) is 2. The molecule has 0 spiro atoms. The van der Waals surface area contributed by atoms with Crippen LogP contribution in [0.25, 0.3) is 0 Å². The van der Waals surface area contributed by atoms with Crippen LogP contribution in [-0.4, -0.2) is 5.33 Å². The maximum Gasteiger partial charge on any atom is 0.00313 e. The molecule has 0 aromatic carbocycles. The van der Waals surface area contributed by atoms with E-state index >= 15 is 0 Å². The van der Waals surface area contributed by atoms with Crippen LogP contribution in [0, 0.1) is 5.92 Å². The second kappa shape index (κ2) is 6.64. The van der Waals surface area contributed by atoms with Gasteiger partial charge in [-0.15, -0.1) is 0 Å². The zero-order valence-corrected chi connectivity index (χ0v) is 11.8. The van der Waals surface area contributed by atoms with Crippen molar-refractivity contribution in [2.75, 3.05) is 5.33 Å². The van der Waals surface area contributed by atoms with Gasteiger partial charge in [-0.05, 0) is 62.0 Å². The predicted molar refractivity (Wildman–Crippen MR) is 75.0 cm³/mol. The molecule has 0 heterocycles. The number of halogens is 1. The third-order valence-electron chi connectivity index (χ3n) is 3.92. The Kier molecular flexibility index (Phi) is 5.15. The Bertz CT molecular complexity index is 275. The van der Waals surface area contributed by atoms with Crippen LogP contribution in [-0.2, 0) is 0 Å². The molecule has 2 aliphatic carbocycles. The lowest BCUT2D eigenvalue weighted by molar-refractivity contribution is 0.516. The van der Waals surface area contributed by atoms with Crippen molar-refractivity contribution in [1.82, 2.24) is 0 Å². The lowest BCUT2D eigenvalue weighted by atomic mass is 9.90. The Balaban J connectivity index is 1.79. The van der Waals surface area contributed by atoms with Crippen molar-refractivity contribution in [3.8, 4) is 0 Å². The number of alkyl halides is 1. The lowest BCUT2D eigenvalue weighted by Gasteiger charge is -2.15. The van der Waals surface area contributed by atoms with Crippen LogP contribution in [0.5, 0.6) is 0 Å². The molecule has 0 aromatic rings. The van der Waals surface area contributed by atoms with E-state index in [1.165, 1.54) is 63.1 Å². The molecular weight excluding hydrogens is 260 g/mol. The molecule has 0 fully saturated rings. The fourth-order valence-electron chi connectivity index (χ4n) is 3.05. The maximum atomic E-state index is 3.51. The van der Waals surface area contributed by atoms with E-state index in [1.54, 1.807) is 11.1 Å². The summed E-state index contributed by atoms with van der Waals surface area (Å²) < 4.78 is 0. The van der Waals surface area contributed by atoms with Crippen LogP contribution in [0.3, 0.4) is 0 Å². The summed E-state index contributed by atoms with van der Waals surface area (Å²) in [6, 6.07) is 0. The summed E-state index contributed by atoms with van der Waals surface area (Å²) in [6.45, 7) is 0. The van der Waals surface area contributed by atoms with Crippen LogP contribution >= 0.6 is 15.9 Å². The molecule has 0 aromatic heterocycles. The average Bonchev–Trinajstić information content (AvgIpc) is 2.94. The predicted octanol–water partition coefficient (Wildman–Crippen LogP) is 5.39. The first-order valence-electron chi connectivity index (χ1n) is 6.87. The Hall–Kier alpha value is -0.0400. The Morgan fingerprint density at radius 3 is 2.81 bits per heavy atom.